The summed E-state index contributed by atoms with van der Waals surface area (Å²) in [6, 6.07) is 0. The molecule has 1 radical (unpaired) electrons. The van der Waals surface area contributed by atoms with Crippen LogP contribution in [0, 0.1) is 0 Å². The Bertz CT molecular complexity index is 9.61. The van der Waals surface area contributed by atoms with Crippen molar-refractivity contribution < 1.29 is 27.3 Å². The van der Waals surface area contributed by atoms with E-state index >= 15 is 0 Å². The van der Waals surface area contributed by atoms with Crippen LogP contribution in [0.5, 0.6) is 0 Å². The Morgan fingerprint density at radius 1 is 1.00 bits per heavy atom. The summed E-state index contributed by atoms with van der Waals surface area (Å²) >= 11 is 0. The quantitative estimate of drug-likeness (QED) is 0.431. The first kappa shape index (κ1) is 9.06. The van der Waals surface area contributed by atoms with E-state index in [1.807, 2.05) is 0 Å². The first-order chi connectivity index (χ1) is 1.91. The Kier molecular flexibility index (Phi) is 16.0. The minimum atomic E-state index is -0.125. The van der Waals surface area contributed by atoms with Gasteiger partial charge in [-0.2, -0.15) is 0 Å². The second-order valence-corrected chi connectivity index (χ2v) is 0.447. The maximum Gasteiger partial charge on any atom is 0.0662 e. The van der Waals surface area contributed by atoms with Gasteiger partial charge in [-0.1, -0.05) is 0 Å². The van der Waals surface area contributed by atoms with E-state index in [1.165, 1.54) is 0 Å². The first-order valence-corrected chi connectivity index (χ1v) is 1.13. The minimum Gasteiger partial charge on any atom is -0.394 e. The molecule has 0 saturated carbocycles. The van der Waals surface area contributed by atoms with Crippen molar-refractivity contribution in [2.24, 2.45) is 0 Å². The summed E-state index contributed by atoms with van der Waals surface area (Å²) in [5, 5.41) is 15.2. The molecule has 0 heterocycles. The van der Waals surface area contributed by atoms with Crippen LogP contribution in [0.15, 0.2) is 0 Å². The predicted molar refractivity (Wildman–Crippen MR) is 14.2 cm³/mol. The molecule has 0 rings (SSSR count). The molecule has 0 fully saturated rings. The van der Waals surface area contributed by atoms with Gasteiger partial charge in [0.1, 0.15) is 0 Å². The normalized spacial score (nSPS) is 6.00. The van der Waals surface area contributed by atoms with Crippen molar-refractivity contribution in [3.05, 3.63) is 0 Å². The second-order valence-electron chi connectivity index (χ2n) is 0.447. The van der Waals surface area contributed by atoms with E-state index in [0.717, 1.165) is 0 Å². The Morgan fingerprint density at radius 3 is 1.20 bits per heavy atom. The molecule has 0 aliphatic rings. The molecule has 0 saturated heterocycles. The van der Waals surface area contributed by atoms with E-state index in [1.54, 1.807) is 0 Å². The summed E-state index contributed by atoms with van der Waals surface area (Å²) in [5.41, 5.74) is 0. The van der Waals surface area contributed by atoms with E-state index < -0.39 is 0 Å². The van der Waals surface area contributed by atoms with Crippen LogP contribution in [0.4, 0.5) is 0 Å². The summed E-state index contributed by atoms with van der Waals surface area (Å²) in [6.07, 6.45) is 0. The smallest absolute Gasteiger partial charge is 0.0662 e. The van der Waals surface area contributed by atoms with Crippen molar-refractivity contribution in [3.8, 4) is 0 Å². The zero-order valence-electron chi connectivity index (χ0n) is 2.69. The van der Waals surface area contributed by atoms with Gasteiger partial charge in [-0.05, 0) is 0 Å². The van der Waals surface area contributed by atoms with Crippen molar-refractivity contribution in [3.63, 3.8) is 0 Å². The molecule has 5 heavy (non-hydrogen) atoms. The van der Waals surface area contributed by atoms with Crippen LogP contribution in [-0.2, 0) is 17.1 Å². The van der Waals surface area contributed by atoms with Crippen LogP contribution in [0.3, 0.4) is 0 Å². The molecular weight excluding hydrogens is 111 g/mol. The summed E-state index contributed by atoms with van der Waals surface area (Å²) in [6.45, 7) is -0.250. The maximum atomic E-state index is 7.62. The number of aliphatic hydroxyl groups is 2. The molecule has 0 aliphatic heterocycles. The molecule has 0 aliphatic carbocycles. The van der Waals surface area contributed by atoms with Crippen molar-refractivity contribution in [2.75, 3.05) is 13.2 Å². The molecule has 0 bridgehead atoms. The zero-order chi connectivity index (χ0) is 3.41. The number of aliphatic hydroxyl groups excluding tert-OH is 2. The molecule has 2 nitrogen and oxygen atoms in total. The van der Waals surface area contributed by atoms with Gasteiger partial charge in [-0.15, -0.1) is 0 Å². The number of hydrogen-bond acceptors (Lipinski definition) is 2. The van der Waals surface area contributed by atoms with Gasteiger partial charge in [-0.25, -0.2) is 0 Å². The van der Waals surface area contributed by atoms with Gasteiger partial charge < -0.3 is 10.2 Å². The molecule has 2 N–H and O–H groups in total. The molecule has 0 aromatic carbocycles. The Labute approximate surface area is 41.3 Å². The van der Waals surface area contributed by atoms with Crippen LogP contribution in [0.2, 0.25) is 0 Å². The molecule has 0 atom stereocenters. The largest absolute Gasteiger partial charge is 0.394 e. The maximum absolute atomic E-state index is 7.62. The average Bonchev–Trinajstić information content (AvgIpc) is 1.37. The topological polar surface area (TPSA) is 40.5 Å². The van der Waals surface area contributed by atoms with E-state index in [9.17, 15) is 0 Å². The van der Waals surface area contributed by atoms with Crippen molar-refractivity contribution in [2.45, 2.75) is 0 Å². The molecule has 0 aromatic heterocycles. The molecule has 0 spiro atoms. The summed E-state index contributed by atoms with van der Waals surface area (Å²) < 4.78 is 0. The van der Waals surface area contributed by atoms with Crippen molar-refractivity contribution in [1.82, 2.24) is 0 Å². The van der Waals surface area contributed by atoms with Gasteiger partial charge in [0.25, 0.3) is 0 Å². The molecule has 0 aromatic rings. The fourth-order valence-electron chi connectivity index (χ4n) is 0. The number of rotatable bonds is 1. The third-order valence-corrected chi connectivity index (χ3v) is 0.1000. The molecule has 0 unspecified atom stereocenters. The van der Waals surface area contributed by atoms with Gasteiger partial charge in [0.05, 0.1) is 13.2 Å². The molecule has 33 valence electrons. The predicted octanol–water partition coefficient (Wildman–Crippen LogP) is -1.03. The summed E-state index contributed by atoms with van der Waals surface area (Å²) in [5.74, 6) is 0. The zero-order valence-corrected chi connectivity index (χ0v) is 3.87. The van der Waals surface area contributed by atoms with E-state index in [2.05, 4.69) is 0 Å². The molecule has 3 heteroatoms. The fourth-order valence-corrected chi connectivity index (χ4v) is 0. The number of hydrogen-bond donors (Lipinski definition) is 2. The Balaban J connectivity index is 0. The third kappa shape index (κ3) is 12.8. The average molecular weight is 117 g/mol. The minimum absolute atomic E-state index is 0. The fraction of sp³-hybridized carbons (Fsp3) is 1.00. The van der Waals surface area contributed by atoms with Gasteiger partial charge in [-0.3, -0.25) is 0 Å². The Hall–Kier alpha value is 0.439. The monoisotopic (exact) mass is 117 g/mol. The van der Waals surface area contributed by atoms with E-state index in [-0.39, 0.29) is 30.3 Å². The van der Waals surface area contributed by atoms with Crippen molar-refractivity contribution >= 4 is 0 Å². The van der Waals surface area contributed by atoms with Gasteiger partial charge in [0.15, 0.2) is 0 Å². The van der Waals surface area contributed by atoms with E-state index in [0.29, 0.717) is 0 Å². The van der Waals surface area contributed by atoms with Gasteiger partial charge in [0, 0.05) is 17.1 Å². The SMILES string of the molecule is OCCO.[Mn]. The molecule has 0 amide bonds. The van der Waals surface area contributed by atoms with Gasteiger partial charge >= 0.3 is 0 Å². The standard InChI is InChI=1S/C2H6O2.Mn/c3-1-2-4;/h3-4H,1-2H2;. The third-order valence-electron chi connectivity index (χ3n) is 0.1000. The van der Waals surface area contributed by atoms with Crippen LogP contribution in [0.1, 0.15) is 0 Å². The summed E-state index contributed by atoms with van der Waals surface area (Å²) in [7, 11) is 0. The summed E-state index contributed by atoms with van der Waals surface area (Å²) in [4.78, 5) is 0. The van der Waals surface area contributed by atoms with Crippen LogP contribution >= 0.6 is 0 Å². The van der Waals surface area contributed by atoms with Crippen molar-refractivity contribution in [1.29, 1.82) is 0 Å². The van der Waals surface area contributed by atoms with E-state index in [4.69, 9.17) is 10.2 Å². The second kappa shape index (κ2) is 8.83. The first-order valence-electron chi connectivity index (χ1n) is 1.13. The van der Waals surface area contributed by atoms with Crippen LogP contribution in [0.25, 0.3) is 0 Å². The van der Waals surface area contributed by atoms with Crippen LogP contribution in [-0.4, -0.2) is 23.4 Å². The molecular formula is C2H6MnO2. The van der Waals surface area contributed by atoms with Crippen LogP contribution < -0.4 is 0 Å². The Morgan fingerprint density at radius 2 is 1.20 bits per heavy atom. The van der Waals surface area contributed by atoms with Gasteiger partial charge in [0.2, 0.25) is 0 Å².